The Morgan fingerprint density at radius 2 is 1.92 bits per heavy atom. The van der Waals surface area contributed by atoms with Crippen LogP contribution in [0.4, 0.5) is 0 Å². The maximum absolute atomic E-state index is 4.56. The molecule has 1 N–H and O–H groups in total. The summed E-state index contributed by atoms with van der Waals surface area (Å²) in [5.74, 6) is 0.736. The molecule has 5 nitrogen and oxygen atoms in total. The Labute approximate surface area is 151 Å². The van der Waals surface area contributed by atoms with Crippen molar-refractivity contribution in [3.05, 3.63) is 70.5 Å². The summed E-state index contributed by atoms with van der Waals surface area (Å²) in [5, 5.41) is 9.34. The monoisotopic (exact) mass is 399 g/mol. The second kappa shape index (κ2) is 6.78. The van der Waals surface area contributed by atoms with E-state index in [4.69, 9.17) is 0 Å². The lowest BCUT2D eigenvalue weighted by Gasteiger charge is -2.00. The lowest BCUT2D eigenvalue weighted by Crippen LogP contribution is -1.99. The van der Waals surface area contributed by atoms with Crippen molar-refractivity contribution in [2.24, 2.45) is 0 Å². The third kappa shape index (κ3) is 3.52. The van der Waals surface area contributed by atoms with Gasteiger partial charge in [-0.25, -0.2) is 9.67 Å². The first-order chi connectivity index (χ1) is 11.8. The van der Waals surface area contributed by atoms with Crippen LogP contribution in [0.5, 0.6) is 0 Å². The van der Waals surface area contributed by atoms with Crippen molar-refractivity contribution in [1.29, 1.82) is 0 Å². The number of hydrogen-bond donors (Lipinski definition) is 1. The highest BCUT2D eigenvalue weighted by Crippen LogP contribution is 2.22. The highest BCUT2D eigenvalue weighted by molar-refractivity contribution is 9.10. The predicted octanol–water partition coefficient (Wildman–Crippen LogP) is 4.26. The molecule has 0 spiro atoms. The van der Waals surface area contributed by atoms with Crippen LogP contribution < -0.4 is 0 Å². The van der Waals surface area contributed by atoms with Crippen LogP contribution in [-0.2, 0) is 12.3 Å². The summed E-state index contributed by atoms with van der Waals surface area (Å²) in [5.41, 5.74) is 4.18. The van der Waals surface area contributed by atoms with Crippen molar-refractivity contribution < 1.29 is 0 Å². The van der Waals surface area contributed by atoms with E-state index in [-0.39, 0.29) is 0 Å². The molecule has 0 amide bonds. The van der Waals surface area contributed by atoms with Gasteiger partial charge in [0, 0.05) is 16.4 Å². The summed E-state index contributed by atoms with van der Waals surface area (Å²) >= 11 is 5.08. The van der Waals surface area contributed by atoms with E-state index in [1.807, 2.05) is 47.3 Å². The maximum atomic E-state index is 4.56. The van der Waals surface area contributed by atoms with Crippen molar-refractivity contribution in [2.75, 3.05) is 0 Å². The standard InChI is InChI=1S/C17H14BrN5S/c18-13-7-5-12(6-8-13)9-23-10-14(21-22-23)11-24-17-19-15-3-1-2-4-16(15)20-17/h1-8,10H,9,11H2,(H,19,20). The molecule has 0 aliphatic rings. The van der Waals surface area contributed by atoms with Crippen LogP contribution in [0.1, 0.15) is 11.3 Å². The Hall–Kier alpha value is -2.12. The highest BCUT2D eigenvalue weighted by atomic mass is 79.9. The molecule has 0 unspecified atom stereocenters. The summed E-state index contributed by atoms with van der Waals surface area (Å²) < 4.78 is 2.94. The van der Waals surface area contributed by atoms with Gasteiger partial charge in [-0.1, -0.05) is 57.2 Å². The average Bonchev–Trinajstić information content (AvgIpc) is 3.21. The van der Waals surface area contributed by atoms with Gasteiger partial charge in [-0.2, -0.15) is 0 Å². The molecular formula is C17H14BrN5S. The number of hydrogen-bond acceptors (Lipinski definition) is 4. The van der Waals surface area contributed by atoms with Gasteiger partial charge in [0.25, 0.3) is 0 Å². The highest BCUT2D eigenvalue weighted by Gasteiger charge is 2.06. The van der Waals surface area contributed by atoms with Crippen LogP contribution >= 0.6 is 27.7 Å². The maximum Gasteiger partial charge on any atom is 0.166 e. The topological polar surface area (TPSA) is 59.4 Å². The number of halogens is 1. The molecule has 7 heteroatoms. The number of imidazole rings is 1. The van der Waals surface area contributed by atoms with E-state index in [2.05, 4.69) is 48.3 Å². The lowest BCUT2D eigenvalue weighted by molar-refractivity contribution is 0.649. The molecule has 4 rings (SSSR count). The number of fused-ring (bicyclic) bond motifs is 1. The molecule has 2 heterocycles. The Morgan fingerprint density at radius 1 is 1.08 bits per heavy atom. The number of benzene rings is 2. The van der Waals surface area contributed by atoms with E-state index in [0.717, 1.165) is 38.7 Å². The third-order valence-electron chi connectivity index (χ3n) is 3.57. The molecular weight excluding hydrogens is 386 g/mol. The van der Waals surface area contributed by atoms with Crippen LogP contribution in [0.25, 0.3) is 11.0 Å². The number of H-pyrrole nitrogens is 1. The smallest absolute Gasteiger partial charge is 0.166 e. The molecule has 0 fully saturated rings. The van der Waals surface area contributed by atoms with Gasteiger partial charge in [-0.15, -0.1) is 5.10 Å². The first kappa shape index (κ1) is 15.4. The molecule has 2 aromatic carbocycles. The largest absolute Gasteiger partial charge is 0.333 e. The minimum Gasteiger partial charge on any atom is -0.333 e. The fourth-order valence-electron chi connectivity index (χ4n) is 2.40. The van der Waals surface area contributed by atoms with Crippen molar-refractivity contribution in [1.82, 2.24) is 25.0 Å². The van der Waals surface area contributed by atoms with Crippen LogP contribution in [0.3, 0.4) is 0 Å². The van der Waals surface area contributed by atoms with Gasteiger partial charge < -0.3 is 4.98 Å². The quantitative estimate of drug-likeness (QED) is 0.509. The zero-order valence-electron chi connectivity index (χ0n) is 12.7. The summed E-state index contributed by atoms with van der Waals surface area (Å²) in [4.78, 5) is 7.87. The second-order valence-corrected chi connectivity index (χ2v) is 7.26. The van der Waals surface area contributed by atoms with Gasteiger partial charge in [0.05, 0.1) is 23.3 Å². The SMILES string of the molecule is Brc1ccc(Cn2cc(CSc3nc4ccccc4[nH]3)nn2)cc1. The summed E-state index contributed by atoms with van der Waals surface area (Å²) in [6.07, 6.45) is 1.98. The minimum absolute atomic E-state index is 0.718. The first-order valence-corrected chi connectivity index (χ1v) is 9.25. The number of aromatic nitrogens is 5. The van der Waals surface area contributed by atoms with E-state index in [9.17, 15) is 0 Å². The lowest BCUT2D eigenvalue weighted by atomic mass is 10.2. The Bertz CT molecular complexity index is 927. The van der Waals surface area contributed by atoms with Crippen molar-refractivity contribution in [3.8, 4) is 0 Å². The summed E-state index contributed by atoms with van der Waals surface area (Å²) in [6, 6.07) is 16.2. The summed E-state index contributed by atoms with van der Waals surface area (Å²) in [6.45, 7) is 0.718. The van der Waals surface area contributed by atoms with Crippen molar-refractivity contribution >= 4 is 38.7 Å². The molecule has 24 heavy (non-hydrogen) atoms. The van der Waals surface area contributed by atoms with E-state index < -0.39 is 0 Å². The van der Waals surface area contributed by atoms with Gasteiger partial charge >= 0.3 is 0 Å². The Balaban J connectivity index is 1.40. The van der Waals surface area contributed by atoms with E-state index in [1.165, 1.54) is 5.56 Å². The molecule has 0 saturated carbocycles. The van der Waals surface area contributed by atoms with E-state index in [0.29, 0.717) is 0 Å². The zero-order chi connectivity index (χ0) is 16.4. The number of rotatable bonds is 5. The van der Waals surface area contributed by atoms with Crippen LogP contribution in [-0.4, -0.2) is 25.0 Å². The van der Waals surface area contributed by atoms with Crippen molar-refractivity contribution in [3.63, 3.8) is 0 Å². The zero-order valence-corrected chi connectivity index (χ0v) is 15.1. The fraction of sp³-hybridized carbons (Fsp3) is 0.118. The molecule has 0 atom stereocenters. The second-order valence-electron chi connectivity index (χ2n) is 5.38. The Kier molecular flexibility index (Phi) is 4.36. The Morgan fingerprint density at radius 3 is 2.75 bits per heavy atom. The number of nitrogens with one attached hydrogen (secondary N) is 1. The minimum atomic E-state index is 0.718. The van der Waals surface area contributed by atoms with E-state index in [1.54, 1.807) is 11.8 Å². The normalized spacial score (nSPS) is 11.2. The molecule has 4 aromatic rings. The number of nitrogens with zero attached hydrogens (tertiary/aromatic N) is 4. The van der Waals surface area contributed by atoms with Gasteiger partial charge in [0.15, 0.2) is 5.16 Å². The van der Waals surface area contributed by atoms with E-state index >= 15 is 0 Å². The first-order valence-electron chi connectivity index (χ1n) is 7.47. The van der Waals surface area contributed by atoms with Gasteiger partial charge in [-0.3, -0.25) is 0 Å². The number of thioether (sulfide) groups is 1. The average molecular weight is 400 g/mol. The predicted molar refractivity (Wildman–Crippen MR) is 98.9 cm³/mol. The molecule has 0 aliphatic carbocycles. The van der Waals surface area contributed by atoms with Crippen LogP contribution in [0.15, 0.2) is 64.4 Å². The van der Waals surface area contributed by atoms with Gasteiger partial charge in [0.1, 0.15) is 0 Å². The molecule has 0 saturated heterocycles. The number of aromatic amines is 1. The van der Waals surface area contributed by atoms with Crippen LogP contribution in [0.2, 0.25) is 0 Å². The fourth-order valence-corrected chi connectivity index (χ4v) is 3.43. The number of para-hydroxylation sites is 2. The molecule has 2 aromatic heterocycles. The van der Waals surface area contributed by atoms with Crippen LogP contribution in [0, 0.1) is 0 Å². The van der Waals surface area contributed by atoms with Gasteiger partial charge in [-0.05, 0) is 29.8 Å². The molecule has 0 radical (unpaired) electrons. The molecule has 120 valence electrons. The molecule has 0 aliphatic heterocycles. The third-order valence-corrected chi connectivity index (χ3v) is 5.00. The van der Waals surface area contributed by atoms with Crippen molar-refractivity contribution in [2.45, 2.75) is 17.5 Å². The molecule has 0 bridgehead atoms. The summed E-state index contributed by atoms with van der Waals surface area (Å²) in [7, 11) is 0. The van der Waals surface area contributed by atoms with Gasteiger partial charge in [0.2, 0.25) is 0 Å².